The Hall–Kier alpha value is -1.97. The van der Waals surface area contributed by atoms with Crippen molar-refractivity contribution < 1.29 is 14.6 Å². The summed E-state index contributed by atoms with van der Waals surface area (Å²) in [6.45, 7) is 2.96. The van der Waals surface area contributed by atoms with Gasteiger partial charge in [-0.2, -0.15) is 5.26 Å². The minimum atomic E-state index is -0.899. The van der Waals surface area contributed by atoms with Crippen LogP contribution in [0.25, 0.3) is 0 Å². The first-order valence-electron chi connectivity index (χ1n) is 6.88. The van der Waals surface area contributed by atoms with Gasteiger partial charge in [0.2, 0.25) is 0 Å². The van der Waals surface area contributed by atoms with Crippen molar-refractivity contribution in [1.29, 1.82) is 5.26 Å². The van der Waals surface area contributed by atoms with Crippen LogP contribution >= 0.6 is 0 Å². The molecule has 21 heavy (non-hydrogen) atoms. The molecule has 0 unspecified atom stereocenters. The number of amides is 1. The minimum Gasteiger partial charge on any atom is -0.388 e. The van der Waals surface area contributed by atoms with E-state index < -0.39 is 5.60 Å². The van der Waals surface area contributed by atoms with Gasteiger partial charge in [0.1, 0.15) is 11.8 Å². The summed E-state index contributed by atoms with van der Waals surface area (Å²) in [6.07, 6.45) is 1.04. The van der Waals surface area contributed by atoms with Gasteiger partial charge in [-0.05, 0) is 19.1 Å². The molecule has 0 saturated carbocycles. The van der Waals surface area contributed by atoms with Crippen molar-refractivity contribution in [2.75, 3.05) is 26.8 Å². The molecule has 1 saturated heterocycles. The highest BCUT2D eigenvalue weighted by molar-refractivity contribution is 5.92. The maximum absolute atomic E-state index is 12.4. The molecule has 2 rings (SSSR count). The fraction of sp³-hybridized carbons (Fsp3) is 0.533. The van der Waals surface area contributed by atoms with Crippen molar-refractivity contribution in [2.24, 2.45) is 0 Å². The topological polar surface area (TPSA) is 86.5 Å². The fourth-order valence-electron chi connectivity index (χ4n) is 2.42. The Labute approximate surface area is 124 Å². The highest BCUT2D eigenvalue weighted by Crippen LogP contribution is 2.22. The second kappa shape index (κ2) is 6.20. The second-order valence-corrected chi connectivity index (χ2v) is 5.44. The maximum Gasteiger partial charge on any atom is 0.272 e. The lowest BCUT2D eigenvalue weighted by Crippen LogP contribution is -2.47. The third-order valence-electron chi connectivity index (χ3n) is 3.73. The summed E-state index contributed by atoms with van der Waals surface area (Å²) < 4.78 is 5.23. The fourth-order valence-corrected chi connectivity index (χ4v) is 2.42. The Bertz CT molecular complexity index is 574. The smallest absolute Gasteiger partial charge is 0.272 e. The number of aromatic nitrogens is 1. The van der Waals surface area contributed by atoms with Crippen molar-refractivity contribution >= 4 is 5.91 Å². The Morgan fingerprint density at radius 2 is 2.19 bits per heavy atom. The molecule has 6 nitrogen and oxygen atoms in total. The number of likely N-dealkylation sites (N-methyl/N-ethyl adjacent to an activating group) is 1. The third kappa shape index (κ3) is 3.57. The Kier molecular flexibility index (Phi) is 4.56. The lowest BCUT2D eigenvalue weighted by Gasteiger charge is -2.35. The summed E-state index contributed by atoms with van der Waals surface area (Å²) in [7, 11) is 1.64. The molecule has 6 heteroatoms. The van der Waals surface area contributed by atoms with E-state index in [1.807, 2.05) is 6.07 Å². The SMILES string of the molecule is Cc1nc(C(=O)N(C)CC2(O)CCOCC2)ccc1C#N. The molecule has 112 valence electrons. The number of carbonyl (C=O) groups excluding carboxylic acids is 1. The van der Waals surface area contributed by atoms with Crippen molar-refractivity contribution in [3.8, 4) is 6.07 Å². The van der Waals surface area contributed by atoms with Gasteiger partial charge in [0.25, 0.3) is 5.91 Å². The van der Waals surface area contributed by atoms with Crippen LogP contribution in [0.1, 0.15) is 34.6 Å². The van der Waals surface area contributed by atoms with Crippen molar-refractivity contribution in [3.05, 3.63) is 29.1 Å². The molecule has 0 bridgehead atoms. The molecular weight excluding hydrogens is 270 g/mol. The standard InChI is InChI=1S/C15H19N3O3/c1-11-12(9-16)3-4-13(17-11)14(19)18(2)10-15(20)5-7-21-8-6-15/h3-4,20H,5-8,10H2,1-2H3. The summed E-state index contributed by atoms with van der Waals surface area (Å²) in [4.78, 5) is 18.0. The van der Waals surface area contributed by atoms with Crippen LogP contribution < -0.4 is 0 Å². The molecule has 0 spiro atoms. The van der Waals surface area contributed by atoms with E-state index in [1.165, 1.54) is 4.90 Å². The monoisotopic (exact) mass is 289 g/mol. The van der Waals surface area contributed by atoms with Gasteiger partial charge >= 0.3 is 0 Å². The van der Waals surface area contributed by atoms with E-state index in [9.17, 15) is 9.90 Å². The summed E-state index contributed by atoms with van der Waals surface area (Å²) in [5, 5.41) is 19.3. The number of hydrogen-bond acceptors (Lipinski definition) is 5. The molecule has 1 aliphatic heterocycles. The number of nitriles is 1. The van der Waals surface area contributed by atoms with E-state index >= 15 is 0 Å². The second-order valence-electron chi connectivity index (χ2n) is 5.44. The molecule has 0 aliphatic carbocycles. The largest absolute Gasteiger partial charge is 0.388 e. The summed E-state index contributed by atoms with van der Waals surface area (Å²) >= 11 is 0. The van der Waals surface area contributed by atoms with E-state index in [4.69, 9.17) is 10.00 Å². The third-order valence-corrected chi connectivity index (χ3v) is 3.73. The molecule has 1 aliphatic rings. The summed E-state index contributed by atoms with van der Waals surface area (Å²) in [6, 6.07) is 5.15. The van der Waals surface area contributed by atoms with E-state index in [1.54, 1.807) is 26.1 Å². The van der Waals surface area contributed by atoms with Crippen LogP contribution in [0.5, 0.6) is 0 Å². The molecule has 1 fully saturated rings. The predicted molar refractivity (Wildman–Crippen MR) is 75.7 cm³/mol. The maximum atomic E-state index is 12.4. The van der Waals surface area contributed by atoms with E-state index in [2.05, 4.69) is 4.98 Å². The first-order chi connectivity index (χ1) is 9.95. The summed E-state index contributed by atoms with van der Waals surface area (Å²) in [5.74, 6) is -0.262. The van der Waals surface area contributed by atoms with Crippen LogP contribution in [0.15, 0.2) is 12.1 Å². The molecule has 2 heterocycles. The molecule has 1 N–H and O–H groups in total. The summed E-state index contributed by atoms with van der Waals surface area (Å²) in [5.41, 5.74) is 0.369. The number of hydrogen-bond donors (Lipinski definition) is 1. The highest BCUT2D eigenvalue weighted by Gasteiger charge is 2.32. The van der Waals surface area contributed by atoms with Gasteiger partial charge in [-0.25, -0.2) is 4.98 Å². The molecule has 1 aromatic heterocycles. The number of aliphatic hydroxyl groups is 1. The van der Waals surface area contributed by atoms with Crippen LogP contribution in [0.3, 0.4) is 0 Å². The lowest BCUT2D eigenvalue weighted by molar-refractivity contribution is -0.0734. The van der Waals surface area contributed by atoms with Crippen molar-refractivity contribution in [3.63, 3.8) is 0 Å². The van der Waals surface area contributed by atoms with Crippen LogP contribution in [0, 0.1) is 18.3 Å². The van der Waals surface area contributed by atoms with E-state index in [0.717, 1.165) is 0 Å². The zero-order chi connectivity index (χ0) is 15.5. The number of carbonyl (C=O) groups is 1. The predicted octanol–water partition coefficient (Wildman–Crippen LogP) is 0.875. The highest BCUT2D eigenvalue weighted by atomic mass is 16.5. The Balaban J connectivity index is 2.08. The van der Waals surface area contributed by atoms with Crippen molar-refractivity contribution in [1.82, 2.24) is 9.88 Å². The number of pyridine rings is 1. The Morgan fingerprint density at radius 3 is 2.76 bits per heavy atom. The normalized spacial score (nSPS) is 17.0. The number of ether oxygens (including phenoxy) is 1. The molecule has 1 amide bonds. The number of rotatable bonds is 3. The van der Waals surface area contributed by atoms with Gasteiger partial charge in [-0.15, -0.1) is 0 Å². The molecule has 1 aromatic rings. The van der Waals surface area contributed by atoms with Crippen molar-refractivity contribution in [2.45, 2.75) is 25.4 Å². The molecule has 0 aromatic carbocycles. The van der Waals surface area contributed by atoms with Gasteiger partial charge in [-0.3, -0.25) is 4.79 Å². The number of aryl methyl sites for hydroxylation is 1. The van der Waals surface area contributed by atoms with E-state index in [-0.39, 0.29) is 18.1 Å². The Morgan fingerprint density at radius 1 is 1.52 bits per heavy atom. The molecule has 0 atom stereocenters. The van der Waals surface area contributed by atoms with Gasteiger partial charge in [0.05, 0.1) is 16.9 Å². The average Bonchev–Trinajstić information content (AvgIpc) is 2.46. The minimum absolute atomic E-state index is 0.246. The molecule has 0 radical (unpaired) electrons. The van der Waals surface area contributed by atoms with Gasteiger partial charge in [-0.1, -0.05) is 0 Å². The van der Waals surface area contributed by atoms with Crippen LogP contribution in [0.4, 0.5) is 0 Å². The van der Waals surface area contributed by atoms with Crippen LogP contribution in [-0.2, 0) is 4.74 Å². The van der Waals surface area contributed by atoms with Crippen LogP contribution in [-0.4, -0.2) is 53.3 Å². The van der Waals surface area contributed by atoms with Gasteiger partial charge in [0, 0.05) is 39.6 Å². The first-order valence-corrected chi connectivity index (χ1v) is 6.88. The first kappa shape index (κ1) is 15.4. The quantitative estimate of drug-likeness (QED) is 0.892. The number of nitrogens with zero attached hydrogens (tertiary/aromatic N) is 3. The molecular formula is C15H19N3O3. The van der Waals surface area contributed by atoms with Crippen LogP contribution in [0.2, 0.25) is 0 Å². The zero-order valence-electron chi connectivity index (χ0n) is 12.3. The van der Waals surface area contributed by atoms with Gasteiger partial charge < -0.3 is 14.7 Å². The lowest BCUT2D eigenvalue weighted by atomic mass is 9.94. The van der Waals surface area contributed by atoms with E-state index in [0.29, 0.717) is 37.3 Å². The zero-order valence-corrected chi connectivity index (χ0v) is 12.3. The van der Waals surface area contributed by atoms with Gasteiger partial charge in [0.15, 0.2) is 0 Å². The average molecular weight is 289 g/mol.